The minimum atomic E-state index is -0.908. The Morgan fingerprint density at radius 2 is 2.40 bits per heavy atom. The lowest BCUT2D eigenvalue weighted by Gasteiger charge is -2.10. The highest BCUT2D eigenvalue weighted by Gasteiger charge is 2.13. The molecule has 1 heterocycles. The maximum atomic E-state index is 10.9. The molecule has 1 N–H and O–H groups in total. The number of carboxylic acids is 1. The predicted molar refractivity (Wildman–Crippen MR) is 61.4 cm³/mol. The first-order chi connectivity index (χ1) is 7.15. The van der Waals surface area contributed by atoms with Crippen LogP contribution in [0, 0.1) is 0 Å². The SMILES string of the molecule is CCCC(C)Sc1ncccc1C(=O)O. The van der Waals surface area contributed by atoms with Gasteiger partial charge in [-0.1, -0.05) is 20.3 Å². The number of aromatic nitrogens is 1. The van der Waals surface area contributed by atoms with Crippen LogP contribution in [0.2, 0.25) is 0 Å². The van der Waals surface area contributed by atoms with Crippen LogP contribution in [0.15, 0.2) is 23.4 Å². The number of rotatable bonds is 5. The molecule has 1 unspecified atom stereocenters. The zero-order valence-corrected chi connectivity index (χ0v) is 9.75. The van der Waals surface area contributed by atoms with Gasteiger partial charge in [0.1, 0.15) is 5.03 Å². The molecule has 0 saturated carbocycles. The van der Waals surface area contributed by atoms with Crippen LogP contribution in [0.1, 0.15) is 37.0 Å². The maximum absolute atomic E-state index is 10.9. The molecular weight excluding hydrogens is 210 g/mol. The zero-order chi connectivity index (χ0) is 11.3. The van der Waals surface area contributed by atoms with Gasteiger partial charge in [0.2, 0.25) is 0 Å². The number of nitrogens with zero attached hydrogens (tertiary/aromatic N) is 1. The summed E-state index contributed by atoms with van der Waals surface area (Å²) in [4.78, 5) is 15.0. The average molecular weight is 225 g/mol. The first-order valence-electron chi connectivity index (χ1n) is 5.00. The maximum Gasteiger partial charge on any atom is 0.338 e. The second kappa shape index (κ2) is 5.75. The molecule has 1 aromatic rings. The number of hydrogen-bond acceptors (Lipinski definition) is 3. The van der Waals surface area contributed by atoms with Gasteiger partial charge in [-0.05, 0) is 18.6 Å². The van der Waals surface area contributed by atoms with Gasteiger partial charge in [-0.25, -0.2) is 9.78 Å². The molecule has 4 heteroatoms. The highest BCUT2D eigenvalue weighted by atomic mass is 32.2. The molecule has 0 spiro atoms. The third-order valence-electron chi connectivity index (χ3n) is 2.01. The zero-order valence-electron chi connectivity index (χ0n) is 8.93. The van der Waals surface area contributed by atoms with E-state index in [1.54, 1.807) is 18.3 Å². The second-order valence-electron chi connectivity index (χ2n) is 3.38. The van der Waals surface area contributed by atoms with E-state index in [4.69, 9.17) is 5.11 Å². The van der Waals surface area contributed by atoms with Gasteiger partial charge < -0.3 is 5.11 Å². The van der Waals surface area contributed by atoms with E-state index in [2.05, 4.69) is 18.8 Å². The Kier molecular flexibility index (Phi) is 4.62. The van der Waals surface area contributed by atoms with Gasteiger partial charge >= 0.3 is 5.97 Å². The lowest BCUT2D eigenvalue weighted by molar-refractivity contribution is 0.0692. The standard InChI is InChI=1S/C11H15NO2S/c1-3-5-8(2)15-10-9(11(13)14)6-4-7-12-10/h4,6-8H,3,5H2,1-2H3,(H,13,14). The van der Waals surface area contributed by atoms with Gasteiger partial charge in [0.05, 0.1) is 5.56 Å². The van der Waals surface area contributed by atoms with Crippen LogP contribution in [0.4, 0.5) is 0 Å². The van der Waals surface area contributed by atoms with E-state index in [1.807, 2.05) is 0 Å². The summed E-state index contributed by atoms with van der Waals surface area (Å²) in [5.41, 5.74) is 0.297. The summed E-state index contributed by atoms with van der Waals surface area (Å²) in [5.74, 6) is -0.908. The highest BCUT2D eigenvalue weighted by molar-refractivity contribution is 7.99. The normalized spacial score (nSPS) is 12.4. The molecule has 15 heavy (non-hydrogen) atoms. The molecule has 0 fully saturated rings. The molecule has 3 nitrogen and oxygen atoms in total. The molecule has 0 aliphatic carbocycles. The van der Waals surface area contributed by atoms with E-state index >= 15 is 0 Å². The molecule has 0 aliphatic rings. The Morgan fingerprint density at radius 1 is 1.67 bits per heavy atom. The molecule has 0 saturated heterocycles. The minimum absolute atomic E-state index is 0.297. The predicted octanol–water partition coefficient (Wildman–Crippen LogP) is 3.06. The van der Waals surface area contributed by atoms with Crippen LogP contribution in [0.25, 0.3) is 0 Å². The number of carboxylic acid groups (broad SMARTS) is 1. The Hall–Kier alpha value is -1.03. The summed E-state index contributed by atoms with van der Waals surface area (Å²) < 4.78 is 0. The van der Waals surface area contributed by atoms with Crippen LogP contribution in [-0.4, -0.2) is 21.3 Å². The number of hydrogen-bond donors (Lipinski definition) is 1. The Morgan fingerprint density at radius 3 is 3.00 bits per heavy atom. The molecule has 1 atom stereocenters. The molecular formula is C11H15NO2S. The highest BCUT2D eigenvalue weighted by Crippen LogP contribution is 2.26. The average Bonchev–Trinajstić information content (AvgIpc) is 2.18. The van der Waals surface area contributed by atoms with Crippen molar-refractivity contribution in [3.63, 3.8) is 0 Å². The fourth-order valence-electron chi connectivity index (χ4n) is 1.30. The van der Waals surface area contributed by atoms with Crippen LogP contribution in [0.5, 0.6) is 0 Å². The van der Waals surface area contributed by atoms with Crippen molar-refractivity contribution < 1.29 is 9.90 Å². The monoisotopic (exact) mass is 225 g/mol. The van der Waals surface area contributed by atoms with Gasteiger partial charge in [-0.3, -0.25) is 0 Å². The fourth-order valence-corrected chi connectivity index (χ4v) is 2.44. The van der Waals surface area contributed by atoms with Crippen LogP contribution >= 0.6 is 11.8 Å². The molecule has 82 valence electrons. The lowest BCUT2D eigenvalue weighted by Crippen LogP contribution is -2.03. The van der Waals surface area contributed by atoms with Crippen molar-refractivity contribution in [2.24, 2.45) is 0 Å². The van der Waals surface area contributed by atoms with Crippen LogP contribution in [0.3, 0.4) is 0 Å². The molecule has 0 radical (unpaired) electrons. The molecule has 0 aromatic carbocycles. The molecule has 0 amide bonds. The van der Waals surface area contributed by atoms with E-state index < -0.39 is 5.97 Å². The van der Waals surface area contributed by atoms with Crippen LogP contribution in [-0.2, 0) is 0 Å². The van der Waals surface area contributed by atoms with Gasteiger partial charge in [0.25, 0.3) is 0 Å². The van der Waals surface area contributed by atoms with Gasteiger partial charge in [0, 0.05) is 11.4 Å². The summed E-state index contributed by atoms with van der Waals surface area (Å²) in [6.45, 7) is 4.21. The van der Waals surface area contributed by atoms with Gasteiger partial charge in [0.15, 0.2) is 0 Å². The summed E-state index contributed by atoms with van der Waals surface area (Å²) in [5, 5.41) is 9.98. The van der Waals surface area contributed by atoms with Gasteiger partial charge in [-0.2, -0.15) is 0 Å². The van der Waals surface area contributed by atoms with E-state index in [0.717, 1.165) is 12.8 Å². The van der Waals surface area contributed by atoms with E-state index in [1.165, 1.54) is 11.8 Å². The molecule has 1 rings (SSSR count). The molecule has 0 bridgehead atoms. The Balaban J connectivity index is 2.79. The lowest BCUT2D eigenvalue weighted by atomic mass is 10.3. The van der Waals surface area contributed by atoms with Crippen molar-refractivity contribution in [3.8, 4) is 0 Å². The van der Waals surface area contributed by atoms with E-state index in [-0.39, 0.29) is 0 Å². The van der Waals surface area contributed by atoms with Crippen molar-refractivity contribution in [1.82, 2.24) is 4.98 Å². The third-order valence-corrected chi connectivity index (χ3v) is 3.20. The number of aromatic carboxylic acids is 1. The van der Waals surface area contributed by atoms with Crippen molar-refractivity contribution >= 4 is 17.7 Å². The minimum Gasteiger partial charge on any atom is -0.478 e. The topological polar surface area (TPSA) is 50.2 Å². The summed E-state index contributed by atoms with van der Waals surface area (Å²) in [7, 11) is 0. The first kappa shape index (κ1) is 12.0. The number of carbonyl (C=O) groups is 1. The van der Waals surface area contributed by atoms with Crippen molar-refractivity contribution in [3.05, 3.63) is 23.9 Å². The van der Waals surface area contributed by atoms with Crippen molar-refractivity contribution in [1.29, 1.82) is 0 Å². The summed E-state index contributed by atoms with van der Waals surface area (Å²) in [6.07, 6.45) is 3.80. The second-order valence-corrected chi connectivity index (χ2v) is 4.81. The smallest absolute Gasteiger partial charge is 0.338 e. The fraction of sp³-hybridized carbons (Fsp3) is 0.455. The Bertz CT molecular complexity index is 341. The van der Waals surface area contributed by atoms with E-state index in [9.17, 15) is 4.79 Å². The van der Waals surface area contributed by atoms with Gasteiger partial charge in [-0.15, -0.1) is 11.8 Å². The van der Waals surface area contributed by atoms with Crippen molar-refractivity contribution in [2.45, 2.75) is 37.0 Å². The summed E-state index contributed by atoms with van der Waals surface area (Å²) >= 11 is 1.53. The van der Waals surface area contributed by atoms with Crippen molar-refractivity contribution in [2.75, 3.05) is 0 Å². The van der Waals surface area contributed by atoms with Crippen LogP contribution < -0.4 is 0 Å². The third kappa shape index (κ3) is 3.55. The quantitative estimate of drug-likeness (QED) is 0.782. The molecule has 0 aliphatic heterocycles. The number of thioether (sulfide) groups is 1. The summed E-state index contributed by atoms with van der Waals surface area (Å²) in [6, 6.07) is 3.24. The number of pyridine rings is 1. The van der Waals surface area contributed by atoms with E-state index in [0.29, 0.717) is 15.8 Å². The molecule has 1 aromatic heterocycles. The largest absolute Gasteiger partial charge is 0.478 e. The first-order valence-corrected chi connectivity index (χ1v) is 5.88. The Labute approximate surface area is 93.9 Å².